The molecule has 0 spiro atoms. The van der Waals surface area contributed by atoms with Gasteiger partial charge in [0.2, 0.25) is 0 Å². The smallest absolute Gasteiger partial charge is 0.256 e. The minimum Gasteiger partial charge on any atom is -0.496 e. The summed E-state index contributed by atoms with van der Waals surface area (Å²) in [6.07, 6.45) is 0. The molecule has 0 fully saturated rings. The van der Waals surface area contributed by atoms with E-state index in [1.165, 1.54) is 0 Å². The third-order valence-corrected chi connectivity index (χ3v) is 3.99. The number of carbonyl (C=O) groups excluding carboxylic acids is 1. The normalized spacial score (nSPS) is 10.6. The molecule has 3 aromatic carbocycles. The number of carbonyl (C=O) groups is 1. The van der Waals surface area contributed by atoms with Gasteiger partial charge in [-0.05, 0) is 48.6 Å². The summed E-state index contributed by atoms with van der Waals surface area (Å²) in [5, 5.41) is 4.84. The number of aryl methyl sites for hydroxylation is 2. The van der Waals surface area contributed by atoms with Gasteiger partial charge in [-0.1, -0.05) is 36.4 Å². The number of fused-ring (bicyclic) bond motifs is 1. The maximum Gasteiger partial charge on any atom is 0.256 e. The van der Waals surface area contributed by atoms with Crippen LogP contribution in [-0.4, -0.2) is 13.0 Å². The van der Waals surface area contributed by atoms with Crippen molar-refractivity contribution in [1.82, 2.24) is 0 Å². The highest BCUT2D eigenvalue weighted by Gasteiger charge is 2.13. The minimum atomic E-state index is -0.113. The molecule has 0 bridgehead atoms. The van der Waals surface area contributed by atoms with Crippen LogP contribution in [-0.2, 0) is 0 Å². The van der Waals surface area contributed by atoms with Crippen LogP contribution in [0.1, 0.15) is 21.5 Å². The lowest BCUT2D eigenvalue weighted by atomic mass is 10.0. The SMILES string of the molecule is COc1ccc(C(=O)Nc2cc(C)ccc2C)c2ccccc12. The number of nitrogens with one attached hydrogen (secondary N) is 1. The number of hydrogen-bond acceptors (Lipinski definition) is 2. The van der Waals surface area contributed by atoms with E-state index in [0.29, 0.717) is 5.56 Å². The van der Waals surface area contributed by atoms with E-state index in [4.69, 9.17) is 4.74 Å². The highest BCUT2D eigenvalue weighted by molar-refractivity contribution is 6.14. The molecule has 3 nitrogen and oxygen atoms in total. The summed E-state index contributed by atoms with van der Waals surface area (Å²) in [7, 11) is 1.64. The van der Waals surface area contributed by atoms with Gasteiger partial charge in [-0.25, -0.2) is 0 Å². The first-order chi connectivity index (χ1) is 11.1. The van der Waals surface area contributed by atoms with Gasteiger partial charge in [0.1, 0.15) is 5.75 Å². The third kappa shape index (κ3) is 2.90. The molecule has 0 heterocycles. The Morgan fingerprint density at radius 2 is 1.70 bits per heavy atom. The lowest BCUT2D eigenvalue weighted by Crippen LogP contribution is -2.13. The van der Waals surface area contributed by atoms with Gasteiger partial charge in [0.15, 0.2) is 0 Å². The highest BCUT2D eigenvalue weighted by Crippen LogP contribution is 2.29. The second kappa shape index (κ2) is 6.13. The van der Waals surface area contributed by atoms with Crippen LogP contribution in [0.25, 0.3) is 10.8 Å². The molecule has 23 heavy (non-hydrogen) atoms. The van der Waals surface area contributed by atoms with Crippen molar-refractivity contribution in [3.63, 3.8) is 0 Å². The summed E-state index contributed by atoms with van der Waals surface area (Å²) >= 11 is 0. The molecule has 0 aliphatic heterocycles. The number of ether oxygens (including phenoxy) is 1. The fraction of sp³-hybridized carbons (Fsp3) is 0.150. The first kappa shape index (κ1) is 15.1. The molecular formula is C20H19NO2. The number of hydrogen-bond donors (Lipinski definition) is 1. The molecule has 116 valence electrons. The van der Waals surface area contributed by atoms with Crippen molar-refractivity contribution >= 4 is 22.4 Å². The molecule has 0 unspecified atom stereocenters. The van der Waals surface area contributed by atoms with E-state index in [1.54, 1.807) is 7.11 Å². The van der Waals surface area contributed by atoms with Gasteiger partial charge in [-0.3, -0.25) is 4.79 Å². The Kier molecular flexibility index (Phi) is 4.02. The van der Waals surface area contributed by atoms with Crippen molar-refractivity contribution < 1.29 is 9.53 Å². The lowest BCUT2D eigenvalue weighted by molar-refractivity contribution is 0.102. The Hall–Kier alpha value is -2.81. The number of amides is 1. The Labute approximate surface area is 135 Å². The van der Waals surface area contributed by atoms with Gasteiger partial charge < -0.3 is 10.1 Å². The standard InChI is InChI=1S/C20H19NO2/c1-13-8-9-14(2)18(12-13)21-20(22)17-10-11-19(23-3)16-7-5-4-6-15(16)17/h4-12H,1-3H3,(H,21,22). The Bertz CT molecular complexity index is 884. The average Bonchev–Trinajstić information content (AvgIpc) is 2.57. The van der Waals surface area contributed by atoms with E-state index >= 15 is 0 Å². The number of benzene rings is 3. The summed E-state index contributed by atoms with van der Waals surface area (Å²) in [6, 6.07) is 17.4. The second-order valence-corrected chi connectivity index (χ2v) is 5.63. The monoisotopic (exact) mass is 305 g/mol. The van der Waals surface area contributed by atoms with Crippen LogP contribution in [0.2, 0.25) is 0 Å². The van der Waals surface area contributed by atoms with Crippen LogP contribution >= 0.6 is 0 Å². The molecule has 0 atom stereocenters. The molecule has 3 rings (SSSR count). The summed E-state index contributed by atoms with van der Waals surface area (Å²) in [4.78, 5) is 12.7. The molecule has 0 radical (unpaired) electrons. The van der Waals surface area contributed by atoms with Crippen molar-refractivity contribution in [2.24, 2.45) is 0 Å². The molecule has 1 N–H and O–H groups in total. The van der Waals surface area contributed by atoms with Gasteiger partial charge in [0, 0.05) is 16.6 Å². The van der Waals surface area contributed by atoms with E-state index in [2.05, 4.69) is 5.32 Å². The van der Waals surface area contributed by atoms with Crippen LogP contribution in [0.3, 0.4) is 0 Å². The first-order valence-electron chi connectivity index (χ1n) is 7.54. The summed E-state index contributed by atoms with van der Waals surface area (Å²) < 4.78 is 5.38. The molecule has 3 aromatic rings. The van der Waals surface area contributed by atoms with E-state index in [1.807, 2.05) is 68.4 Å². The van der Waals surface area contributed by atoms with Gasteiger partial charge >= 0.3 is 0 Å². The molecule has 3 heteroatoms. The second-order valence-electron chi connectivity index (χ2n) is 5.63. The fourth-order valence-electron chi connectivity index (χ4n) is 2.71. The van der Waals surface area contributed by atoms with Crippen molar-refractivity contribution in [2.45, 2.75) is 13.8 Å². The van der Waals surface area contributed by atoms with Gasteiger partial charge in [0.25, 0.3) is 5.91 Å². The van der Waals surface area contributed by atoms with Gasteiger partial charge in [0.05, 0.1) is 7.11 Å². The van der Waals surface area contributed by atoms with E-state index < -0.39 is 0 Å². The Morgan fingerprint density at radius 3 is 2.43 bits per heavy atom. The molecule has 0 aromatic heterocycles. The molecule has 0 aliphatic rings. The maximum absolute atomic E-state index is 12.7. The largest absolute Gasteiger partial charge is 0.496 e. The lowest BCUT2D eigenvalue weighted by Gasteiger charge is -2.12. The van der Waals surface area contributed by atoms with Crippen molar-refractivity contribution in [3.05, 3.63) is 71.3 Å². The highest BCUT2D eigenvalue weighted by atomic mass is 16.5. The topological polar surface area (TPSA) is 38.3 Å². The zero-order valence-corrected chi connectivity index (χ0v) is 13.5. The average molecular weight is 305 g/mol. The number of anilines is 1. The van der Waals surface area contributed by atoms with Gasteiger partial charge in [-0.15, -0.1) is 0 Å². The van der Waals surface area contributed by atoms with Crippen molar-refractivity contribution in [1.29, 1.82) is 0 Å². The first-order valence-corrected chi connectivity index (χ1v) is 7.54. The summed E-state index contributed by atoms with van der Waals surface area (Å²) in [6.45, 7) is 4.00. The molecule has 0 saturated carbocycles. The molecule has 1 amide bonds. The van der Waals surface area contributed by atoms with Crippen LogP contribution in [0.15, 0.2) is 54.6 Å². The third-order valence-electron chi connectivity index (χ3n) is 3.99. The van der Waals surface area contributed by atoms with E-state index in [0.717, 1.165) is 33.3 Å². The molecule has 0 aliphatic carbocycles. The zero-order chi connectivity index (χ0) is 16.4. The van der Waals surface area contributed by atoms with Crippen LogP contribution in [0, 0.1) is 13.8 Å². The maximum atomic E-state index is 12.7. The number of methoxy groups -OCH3 is 1. The van der Waals surface area contributed by atoms with Crippen LogP contribution in [0.5, 0.6) is 5.75 Å². The predicted molar refractivity (Wildman–Crippen MR) is 94.4 cm³/mol. The fourth-order valence-corrected chi connectivity index (χ4v) is 2.71. The van der Waals surface area contributed by atoms with E-state index in [9.17, 15) is 4.79 Å². The van der Waals surface area contributed by atoms with Gasteiger partial charge in [-0.2, -0.15) is 0 Å². The zero-order valence-electron chi connectivity index (χ0n) is 13.5. The summed E-state index contributed by atoms with van der Waals surface area (Å²) in [5.41, 5.74) is 3.64. The van der Waals surface area contributed by atoms with Crippen LogP contribution < -0.4 is 10.1 Å². The molecule has 0 saturated heterocycles. The Balaban J connectivity index is 2.03. The van der Waals surface area contributed by atoms with Crippen molar-refractivity contribution in [3.8, 4) is 5.75 Å². The predicted octanol–water partition coefficient (Wildman–Crippen LogP) is 4.72. The molecular weight excluding hydrogens is 286 g/mol. The minimum absolute atomic E-state index is 0.113. The van der Waals surface area contributed by atoms with E-state index in [-0.39, 0.29) is 5.91 Å². The quantitative estimate of drug-likeness (QED) is 0.760. The van der Waals surface area contributed by atoms with Crippen LogP contribution in [0.4, 0.5) is 5.69 Å². The summed E-state index contributed by atoms with van der Waals surface area (Å²) in [5.74, 6) is 0.654. The number of rotatable bonds is 3. The van der Waals surface area contributed by atoms with Crippen molar-refractivity contribution in [2.75, 3.05) is 12.4 Å². The Morgan fingerprint density at radius 1 is 0.957 bits per heavy atom.